The van der Waals surface area contributed by atoms with E-state index in [0.29, 0.717) is 29.5 Å². The quantitative estimate of drug-likeness (QED) is 0.878. The molecule has 1 atom stereocenters. The Morgan fingerprint density at radius 3 is 2.70 bits per heavy atom. The molecular formula is C16H14F3NO2S. The van der Waals surface area contributed by atoms with Gasteiger partial charge < -0.3 is 5.11 Å². The molecule has 0 aromatic carbocycles. The topological polar surface area (TPSA) is 50.2 Å². The zero-order chi connectivity index (χ0) is 16.4. The maximum absolute atomic E-state index is 13.3. The van der Waals surface area contributed by atoms with Crippen molar-refractivity contribution in [3.05, 3.63) is 28.3 Å². The maximum atomic E-state index is 13.3. The second-order valence-electron chi connectivity index (χ2n) is 6.50. The molecule has 2 aliphatic carbocycles. The molecule has 3 nitrogen and oxygen atoms in total. The third-order valence-electron chi connectivity index (χ3n) is 5.22. The Balaban J connectivity index is 1.69. The van der Waals surface area contributed by atoms with Crippen molar-refractivity contribution in [3.63, 3.8) is 0 Å². The summed E-state index contributed by atoms with van der Waals surface area (Å²) in [6.45, 7) is 0. The number of pyridine rings is 1. The van der Waals surface area contributed by atoms with Gasteiger partial charge in [-0.1, -0.05) is 0 Å². The van der Waals surface area contributed by atoms with E-state index in [2.05, 4.69) is 4.98 Å². The fourth-order valence-electron chi connectivity index (χ4n) is 3.76. The molecule has 0 spiro atoms. The zero-order valence-electron chi connectivity index (χ0n) is 12.1. The van der Waals surface area contributed by atoms with Crippen molar-refractivity contribution >= 4 is 27.5 Å². The van der Waals surface area contributed by atoms with E-state index in [0.717, 1.165) is 22.6 Å². The van der Waals surface area contributed by atoms with Crippen molar-refractivity contribution in [2.75, 3.05) is 0 Å². The molecule has 2 aromatic heterocycles. The Labute approximate surface area is 134 Å². The summed E-state index contributed by atoms with van der Waals surface area (Å²) < 4.78 is 40.0. The number of aromatic nitrogens is 1. The molecular weight excluding hydrogens is 327 g/mol. The van der Waals surface area contributed by atoms with Gasteiger partial charge in [-0.05, 0) is 55.7 Å². The smallest absolute Gasteiger partial charge is 0.394 e. The predicted molar refractivity (Wildman–Crippen MR) is 79.8 cm³/mol. The standard InChI is InChI=1S/C16H14F3NO2S/c17-16(18,19)15(3-4-15)10-1-2-11-8(6-10)5-9-7-12(14(21)22)23-13(9)20-11/h5,7,10H,1-4,6H2,(H,21,22)/t10-/m0/s1. The van der Waals surface area contributed by atoms with E-state index in [1.165, 1.54) is 0 Å². The van der Waals surface area contributed by atoms with E-state index >= 15 is 0 Å². The maximum Gasteiger partial charge on any atom is 0.394 e. The molecule has 0 amide bonds. The van der Waals surface area contributed by atoms with Crippen molar-refractivity contribution in [2.45, 2.75) is 38.3 Å². The number of alkyl halides is 3. The predicted octanol–water partition coefficient (Wildman–Crippen LogP) is 4.44. The number of carbonyl (C=O) groups is 1. The van der Waals surface area contributed by atoms with Crippen molar-refractivity contribution in [1.82, 2.24) is 4.98 Å². The molecule has 7 heteroatoms. The van der Waals surface area contributed by atoms with Gasteiger partial charge in [-0.3, -0.25) is 0 Å². The van der Waals surface area contributed by atoms with E-state index in [-0.39, 0.29) is 23.6 Å². The fourth-order valence-corrected chi connectivity index (χ4v) is 4.63. The summed E-state index contributed by atoms with van der Waals surface area (Å²) in [6, 6.07) is 3.38. The molecule has 1 N–H and O–H groups in total. The molecule has 4 rings (SSSR count). The summed E-state index contributed by atoms with van der Waals surface area (Å²) in [7, 11) is 0. The van der Waals surface area contributed by atoms with Gasteiger partial charge in [0.05, 0.1) is 5.41 Å². The molecule has 1 saturated carbocycles. The van der Waals surface area contributed by atoms with Gasteiger partial charge in [-0.2, -0.15) is 13.2 Å². The first-order valence-electron chi connectivity index (χ1n) is 7.52. The highest BCUT2D eigenvalue weighted by Gasteiger charge is 2.66. The van der Waals surface area contributed by atoms with Gasteiger partial charge in [0.1, 0.15) is 9.71 Å². The van der Waals surface area contributed by atoms with Crippen LogP contribution in [0.5, 0.6) is 0 Å². The fraction of sp³-hybridized carbons (Fsp3) is 0.500. The molecule has 2 aliphatic rings. The van der Waals surface area contributed by atoms with Crippen molar-refractivity contribution in [1.29, 1.82) is 0 Å². The molecule has 0 bridgehead atoms. The average molecular weight is 341 g/mol. The average Bonchev–Trinajstić information content (AvgIpc) is 3.19. The van der Waals surface area contributed by atoms with Crippen LogP contribution in [0.25, 0.3) is 10.2 Å². The molecule has 0 radical (unpaired) electrons. The SMILES string of the molecule is O=C(O)c1cc2cc3c(nc2s1)CC[C@H](C1(C(F)(F)F)CC1)C3. The van der Waals surface area contributed by atoms with E-state index in [4.69, 9.17) is 5.11 Å². The first-order chi connectivity index (χ1) is 10.8. The number of halogens is 3. The highest BCUT2D eigenvalue weighted by Crippen LogP contribution is 2.64. The molecule has 0 unspecified atom stereocenters. The highest BCUT2D eigenvalue weighted by atomic mass is 32.1. The van der Waals surface area contributed by atoms with Gasteiger partial charge >= 0.3 is 12.1 Å². The first kappa shape index (κ1) is 14.9. The Kier molecular flexibility index (Phi) is 3.04. The number of aryl methyl sites for hydroxylation is 1. The van der Waals surface area contributed by atoms with Gasteiger partial charge in [0.25, 0.3) is 0 Å². The number of nitrogens with zero attached hydrogens (tertiary/aromatic N) is 1. The summed E-state index contributed by atoms with van der Waals surface area (Å²) in [5.41, 5.74) is 0.171. The third kappa shape index (κ3) is 2.24. The minimum atomic E-state index is -4.13. The first-order valence-corrected chi connectivity index (χ1v) is 8.34. The number of hydrogen-bond acceptors (Lipinski definition) is 3. The highest BCUT2D eigenvalue weighted by molar-refractivity contribution is 7.20. The van der Waals surface area contributed by atoms with Crippen LogP contribution in [0.3, 0.4) is 0 Å². The van der Waals surface area contributed by atoms with Crippen LogP contribution in [0.15, 0.2) is 12.1 Å². The molecule has 2 heterocycles. The van der Waals surface area contributed by atoms with E-state index in [1.54, 1.807) is 6.07 Å². The lowest BCUT2D eigenvalue weighted by Crippen LogP contribution is -2.35. The van der Waals surface area contributed by atoms with Crippen molar-refractivity contribution in [2.24, 2.45) is 11.3 Å². The zero-order valence-corrected chi connectivity index (χ0v) is 12.9. The van der Waals surface area contributed by atoms with Crippen LogP contribution in [-0.2, 0) is 12.8 Å². The molecule has 23 heavy (non-hydrogen) atoms. The number of hydrogen-bond donors (Lipinski definition) is 1. The number of thiophene rings is 1. The van der Waals surface area contributed by atoms with Gasteiger partial charge in [0.15, 0.2) is 0 Å². The van der Waals surface area contributed by atoms with Gasteiger partial charge in [0, 0.05) is 11.1 Å². The summed E-state index contributed by atoms with van der Waals surface area (Å²) >= 11 is 1.11. The normalized spacial score (nSPS) is 22.8. The second kappa shape index (κ2) is 4.69. The van der Waals surface area contributed by atoms with Gasteiger partial charge in [0.2, 0.25) is 0 Å². The lowest BCUT2D eigenvalue weighted by atomic mass is 9.76. The summed E-state index contributed by atoms with van der Waals surface area (Å²) in [5, 5.41) is 9.77. The van der Waals surface area contributed by atoms with Crippen LogP contribution in [0.4, 0.5) is 13.2 Å². The van der Waals surface area contributed by atoms with Crippen LogP contribution < -0.4 is 0 Å². The Morgan fingerprint density at radius 1 is 1.35 bits per heavy atom. The van der Waals surface area contributed by atoms with Crippen LogP contribution in [-0.4, -0.2) is 22.2 Å². The van der Waals surface area contributed by atoms with Gasteiger partial charge in [-0.25, -0.2) is 9.78 Å². The third-order valence-corrected chi connectivity index (χ3v) is 6.25. The Hall–Kier alpha value is -1.63. The molecule has 122 valence electrons. The number of rotatable bonds is 2. The minimum absolute atomic E-state index is 0.209. The van der Waals surface area contributed by atoms with Crippen LogP contribution in [0.1, 0.15) is 40.2 Å². The minimum Gasteiger partial charge on any atom is -0.477 e. The second-order valence-corrected chi connectivity index (χ2v) is 7.53. The van der Waals surface area contributed by atoms with Gasteiger partial charge in [-0.15, -0.1) is 11.3 Å². The van der Waals surface area contributed by atoms with Crippen LogP contribution in [0, 0.1) is 11.3 Å². The van der Waals surface area contributed by atoms with Crippen molar-refractivity contribution in [3.8, 4) is 0 Å². The summed E-state index contributed by atoms with van der Waals surface area (Å²) in [5.74, 6) is -1.38. The number of fused-ring (bicyclic) bond motifs is 2. The van der Waals surface area contributed by atoms with E-state index in [1.807, 2.05) is 6.07 Å². The van der Waals surface area contributed by atoms with E-state index < -0.39 is 17.6 Å². The lowest BCUT2D eigenvalue weighted by molar-refractivity contribution is -0.204. The largest absolute Gasteiger partial charge is 0.477 e. The number of carboxylic acid groups (broad SMARTS) is 1. The van der Waals surface area contributed by atoms with Crippen molar-refractivity contribution < 1.29 is 23.1 Å². The molecule has 0 aliphatic heterocycles. The molecule has 2 aromatic rings. The summed E-state index contributed by atoms with van der Waals surface area (Å²) in [4.78, 5) is 16.4. The Morgan fingerprint density at radius 2 is 2.09 bits per heavy atom. The van der Waals surface area contributed by atoms with Crippen LogP contribution >= 0.6 is 11.3 Å². The monoisotopic (exact) mass is 341 g/mol. The molecule has 0 saturated heterocycles. The summed E-state index contributed by atoms with van der Waals surface area (Å²) in [6.07, 6.45) is -2.25. The lowest BCUT2D eigenvalue weighted by Gasteiger charge is -2.32. The molecule has 1 fully saturated rings. The number of aromatic carboxylic acids is 1. The van der Waals surface area contributed by atoms with E-state index in [9.17, 15) is 18.0 Å². The van der Waals surface area contributed by atoms with Crippen LogP contribution in [0.2, 0.25) is 0 Å². The number of carboxylic acids is 1. The Bertz CT molecular complexity index is 807.